The third-order valence-electron chi connectivity index (χ3n) is 2.39. The highest BCUT2D eigenvalue weighted by atomic mass is 32.2. The van der Waals surface area contributed by atoms with Crippen LogP contribution in [0.15, 0.2) is 24.3 Å². The lowest BCUT2D eigenvalue weighted by Gasteiger charge is -2.13. The van der Waals surface area contributed by atoms with Crippen LogP contribution in [0.3, 0.4) is 0 Å². The van der Waals surface area contributed by atoms with Crippen molar-refractivity contribution in [1.82, 2.24) is 9.44 Å². The van der Waals surface area contributed by atoms with E-state index < -0.39 is 16.3 Å². The van der Waals surface area contributed by atoms with Crippen LogP contribution < -0.4 is 15.2 Å². The van der Waals surface area contributed by atoms with Crippen LogP contribution in [0.4, 0.5) is 5.69 Å². The Kier molecular flexibility index (Phi) is 6.19. The highest BCUT2D eigenvalue weighted by Crippen LogP contribution is 2.13. The van der Waals surface area contributed by atoms with Gasteiger partial charge in [0.2, 0.25) is 0 Å². The van der Waals surface area contributed by atoms with Crippen LogP contribution in [0.25, 0.3) is 0 Å². The van der Waals surface area contributed by atoms with Gasteiger partial charge in [-0.25, -0.2) is 0 Å². The first-order valence-corrected chi connectivity index (χ1v) is 7.19. The van der Waals surface area contributed by atoms with E-state index in [0.717, 1.165) is 0 Å². The van der Waals surface area contributed by atoms with Crippen molar-refractivity contribution in [3.05, 3.63) is 29.8 Å². The number of hydrogen-bond donors (Lipinski definition) is 4. The minimum absolute atomic E-state index is 0.119. The second-order valence-electron chi connectivity index (χ2n) is 3.92. The third-order valence-corrected chi connectivity index (χ3v) is 3.52. The van der Waals surface area contributed by atoms with E-state index in [1.165, 1.54) is 7.11 Å². The molecule has 0 spiro atoms. The molecule has 0 radical (unpaired) electrons. The molecule has 0 aliphatic rings. The number of anilines is 1. The Balaban J connectivity index is 2.45. The van der Waals surface area contributed by atoms with Crippen molar-refractivity contribution in [3.8, 4) is 0 Å². The molecular formula is C11H19N3O4S. The van der Waals surface area contributed by atoms with Crippen LogP contribution in [0.1, 0.15) is 11.7 Å². The van der Waals surface area contributed by atoms with E-state index in [4.69, 9.17) is 10.5 Å². The van der Waals surface area contributed by atoms with Crippen LogP contribution >= 0.6 is 0 Å². The van der Waals surface area contributed by atoms with Crippen LogP contribution in [0.5, 0.6) is 0 Å². The Morgan fingerprint density at radius 3 is 2.53 bits per heavy atom. The van der Waals surface area contributed by atoms with E-state index in [-0.39, 0.29) is 19.7 Å². The van der Waals surface area contributed by atoms with Gasteiger partial charge in [0.25, 0.3) is 10.2 Å². The minimum Gasteiger partial charge on any atom is -0.399 e. The van der Waals surface area contributed by atoms with Gasteiger partial charge < -0.3 is 15.6 Å². The molecule has 0 saturated heterocycles. The van der Waals surface area contributed by atoms with Gasteiger partial charge in [-0.05, 0) is 17.7 Å². The summed E-state index contributed by atoms with van der Waals surface area (Å²) in [6.45, 7) is 0.331. The van der Waals surface area contributed by atoms with Gasteiger partial charge in [-0.15, -0.1) is 0 Å². The van der Waals surface area contributed by atoms with E-state index in [9.17, 15) is 13.5 Å². The van der Waals surface area contributed by atoms with Crippen LogP contribution in [0.2, 0.25) is 0 Å². The van der Waals surface area contributed by atoms with E-state index in [1.54, 1.807) is 24.3 Å². The SMILES string of the molecule is COCCNS(=O)(=O)NCC(O)c1ccc(N)cc1. The zero-order valence-corrected chi connectivity index (χ0v) is 11.5. The first-order chi connectivity index (χ1) is 8.94. The Morgan fingerprint density at radius 2 is 1.95 bits per heavy atom. The highest BCUT2D eigenvalue weighted by Gasteiger charge is 2.13. The maximum atomic E-state index is 11.5. The maximum Gasteiger partial charge on any atom is 0.277 e. The van der Waals surface area contributed by atoms with E-state index in [2.05, 4.69) is 9.44 Å². The number of benzene rings is 1. The molecule has 1 rings (SSSR count). The predicted octanol–water partition coefficient (Wildman–Crippen LogP) is -0.627. The molecule has 0 aromatic heterocycles. The van der Waals surface area contributed by atoms with Gasteiger partial charge >= 0.3 is 0 Å². The van der Waals surface area contributed by atoms with Gasteiger partial charge in [-0.2, -0.15) is 17.9 Å². The zero-order valence-electron chi connectivity index (χ0n) is 10.7. The summed E-state index contributed by atoms with van der Waals surface area (Å²) in [6, 6.07) is 6.58. The van der Waals surface area contributed by atoms with Crippen molar-refractivity contribution in [1.29, 1.82) is 0 Å². The second kappa shape index (κ2) is 7.41. The van der Waals surface area contributed by atoms with Crippen LogP contribution in [-0.4, -0.2) is 40.3 Å². The van der Waals surface area contributed by atoms with Crippen molar-refractivity contribution in [2.45, 2.75) is 6.10 Å². The molecule has 0 fully saturated rings. The number of methoxy groups -OCH3 is 1. The van der Waals surface area contributed by atoms with Gasteiger partial charge in [0.1, 0.15) is 0 Å². The van der Waals surface area contributed by atoms with Crippen molar-refractivity contribution in [2.75, 3.05) is 32.5 Å². The normalized spacial score (nSPS) is 13.4. The molecule has 108 valence electrons. The van der Waals surface area contributed by atoms with Crippen LogP contribution in [0, 0.1) is 0 Å². The number of hydrogen-bond acceptors (Lipinski definition) is 5. The smallest absolute Gasteiger partial charge is 0.277 e. The Bertz CT molecular complexity index is 475. The van der Waals surface area contributed by atoms with Gasteiger partial charge in [0.05, 0.1) is 12.7 Å². The average molecular weight is 289 g/mol. The molecule has 0 aliphatic carbocycles. The summed E-state index contributed by atoms with van der Waals surface area (Å²) in [5, 5.41) is 9.83. The first kappa shape index (κ1) is 15.9. The number of nitrogens with two attached hydrogens (primary N) is 1. The molecule has 0 heterocycles. The molecular weight excluding hydrogens is 270 g/mol. The quantitative estimate of drug-likeness (QED) is 0.376. The Morgan fingerprint density at radius 1 is 1.32 bits per heavy atom. The molecule has 1 atom stereocenters. The molecule has 7 nitrogen and oxygen atoms in total. The van der Waals surface area contributed by atoms with Crippen molar-refractivity contribution >= 4 is 15.9 Å². The van der Waals surface area contributed by atoms with Gasteiger partial charge in [0, 0.05) is 25.9 Å². The number of nitrogen functional groups attached to an aromatic ring is 1. The molecule has 0 bridgehead atoms. The number of rotatable bonds is 8. The first-order valence-electron chi connectivity index (χ1n) is 5.71. The maximum absolute atomic E-state index is 11.5. The summed E-state index contributed by atoms with van der Waals surface area (Å²) in [5.41, 5.74) is 6.70. The lowest BCUT2D eigenvalue weighted by molar-refractivity contribution is 0.181. The lowest BCUT2D eigenvalue weighted by Crippen LogP contribution is -2.40. The molecule has 0 saturated carbocycles. The Labute approximate surface area is 112 Å². The fraction of sp³-hybridized carbons (Fsp3) is 0.455. The number of aliphatic hydroxyl groups excluding tert-OH is 1. The van der Waals surface area contributed by atoms with E-state index in [0.29, 0.717) is 11.3 Å². The monoisotopic (exact) mass is 289 g/mol. The standard InChI is InChI=1S/C11H19N3O4S/c1-18-7-6-13-19(16,17)14-8-11(15)9-2-4-10(12)5-3-9/h2-5,11,13-15H,6-8,12H2,1H3. The molecule has 19 heavy (non-hydrogen) atoms. The fourth-order valence-corrected chi connectivity index (χ4v) is 2.19. The summed E-state index contributed by atoms with van der Waals surface area (Å²) in [5.74, 6) is 0. The van der Waals surface area contributed by atoms with Crippen molar-refractivity contribution in [3.63, 3.8) is 0 Å². The van der Waals surface area contributed by atoms with Crippen molar-refractivity contribution in [2.24, 2.45) is 0 Å². The topological polar surface area (TPSA) is 114 Å². The van der Waals surface area contributed by atoms with E-state index >= 15 is 0 Å². The summed E-state index contributed by atoms with van der Waals surface area (Å²) in [7, 11) is -2.15. The summed E-state index contributed by atoms with van der Waals surface area (Å²) < 4.78 is 32.2. The largest absolute Gasteiger partial charge is 0.399 e. The summed E-state index contributed by atoms with van der Waals surface area (Å²) in [6.07, 6.45) is -0.931. The summed E-state index contributed by atoms with van der Waals surface area (Å²) >= 11 is 0. The number of nitrogens with one attached hydrogen (secondary N) is 2. The lowest BCUT2D eigenvalue weighted by atomic mass is 10.1. The molecule has 1 aromatic carbocycles. The average Bonchev–Trinajstić information content (AvgIpc) is 2.37. The predicted molar refractivity (Wildman–Crippen MR) is 72.6 cm³/mol. The van der Waals surface area contributed by atoms with Gasteiger partial charge in [0.15, 0.2) is 0 Å². The Hall–Kier alpha value is -1.19. The zero-order chi connectivity index (χ0) is 14.3. The second-order valence-corrected chi connectivity index (χ2v) is 5.51. The molecule has 8 heteroatoms. The van der Waals surface area contributed by atoms with Crippen LogP contribution in [-0.2, 0) is 14.9 Å². The minimum atomic E-state index is -3.63. The molecule has 0 aliphatic heterocycles. The third kappa shape index (κ3) is 5.99. The van der Waals surface area contributed by atoms with Gasteiger partial charge in [-0.1, -0.05) is 12.1 Å². The number of aliphatic hydroxyl groups is 1. The van der Waals surface area contributed by atoms with Crippen molar-refractivity contribution < 1.29 is 18.3 Å². The molecule has 1 aromatic rings. The highest BCUT2D eigenvalue weighted by molar-refractivity contribution is 7.87. The molecule has 0 amide bonds. The fourth-order valence-electron chi connectivity index (χ4n) is 1.35. The number of ether oxygens (including phenoxy) is 1. The molecule has 5 N–H and O–H groups in total. The molecule has 1 unspecified atom stereocenters. The van der Waals surface area contributed by atoms with E-state index in [1.807, 2.05) is 0 Å². The van der Waals surface area contributed by atoms with Gasteiger partial charge in [-0.3, -0.25) is 0 Å². The summed E-state index contributed by atoms with van der Waals surface area (Å²) in [4.78, 5) is 0.